The van der Waals surface area contributed by atoms with Crippen LogP contribution < -0.4 is 5.32 Å². The zero-order valence-electron chi connectivity index (χ0n) is 13.2. The van der Waals surface area contributed by atoms with Gasteiger partial charge in [0.2, 0.25) is 0 Å². The van der Waals surface area contributed by atoms with Crippen LogP contribution in [-0.4, -0.2) is 26.8 Å². The van der Waals surface area contributed by atoms with Crippen molar-refractivity contribution in [2.75, 3.05) is 6.54 Å². The van der Waals surface area contributed by atoms with Crippen molar-refractivity contribution in [3.8, 4) is 5.82 Å². The van der Waals surface area contributed by atoms with Crippen LogP contribution >= 0.6 is 0 Å². The largest absolute Gasteiger partial charge is 0.352 e. The molecule has 3 rings (SSSR count). The Bertz CT molecular complexity index is 609. The van der Waals surface area contributed by atoms with Crippen molar-refractivity contribution in [1.82, 2.24) is 19.7 Å². The van der Waals surface area contributed by atoms with E-state index >= 15 is 0 Å². The molecule has 0 saturated heterocycles. The lowest BCUT2D eigenvalue weighted by molar-refractivity contribution is 0.0950. The average molecular weight is 300 g/mol. The zero-order valence-corrected chi connectivity index (χ0v) is 13.2. The second-order valence-corrected chi connectivity index (χ2v) is 6.14. The molecule has 0 radical (unpaired) electrons. The van der Waals surface area contributed by atoms with Crippen LogP contribution in [0, 0.1) is 5.92 Å². The van der Waals surface area contributed by atoms with Crippen LogP contribution in [0.3, 0.4) is 0 Å². The topological polar surface area (TPSA) is 51.9 Å². The van der Waals surface area contributed by atoms with Gasteiger partial charge in [0.1, 0.15) is 11.4 Å². The van der Waals surface area contributed by atoms with Crippen LogP contribution in [0.2, 0.25) is 0 Å². The number of nitrogens with one attached hydrogen (secondary N) is 1. The highest BCUT2D eigenvalue weighted by Gasteiger charge is 2.18. The Morgan fingerprint density at radius 1 is 1.27 bits per heavy atom. The molecule has 2 aromatic rings. The molecule has 1 fully saturated rings. The van der Waals surface area contributed by atoms with E-state index in [0.29, 0.717) is 5.56 Å². The van der Waals surface area contributed by atoms with Crippen LogP contribution in [-0.2, 0) is 7.05 Å². The Hall–Kier alpha value is -2.04. The van der Waals surface area contributed by atoms with Gasteiger partial charge in [-0.05, 0) is 24.5 Å². The summed E-state index contributed by atoms with van der Waals surface area (Å²) in [5.74, 6) is 1.56. The van der Waals surface area contributed by atoms with Crippen LogP contribution in [0.1, 0.15) is 48.9 Å². The summed E-state index contributed by atoms with van der Waals surface area (Å²) >= 11 is 0. The molecule has 1 saturated carbocycles. The van der Waals surface area contributed by atoms with E-state index in [2.05, 4.69) is 10.4 Å². The average Bonchev–Trinajstić information content (AvgIpc) is 3.17. The second-order valence-electron chi connectivity index (χ2n) is 6.14. The monoisotopic (exact) mass is 300 g/mol. The highest BCUT2D eigenvalue weighted by molar-refractivity contribution is 5.97. The smallest absolute Gasteiger partial charge is 0.256 e. The summed E-state index contributed by atoms with van der Waals surface area (Å²) in [6.07, 6.45) is 13.3. The number of nitrogens with zero attached hydrogens (tertiary/aromatic N) is 3. The van der Waals surface area contributed by atoms with Crippen molar-refractivity contribution in [2.24, 2.45) is 13.0 Å². The van der Waals surface area contributed by atoms with Crippen molar-refractivity contribution < 1.29 is 4.79 Å². The Kier molecular flexibility index (Phi) is 4.61. The Morgan fingerprint density at radius 2 is 2.00 bits per heavy atom. The third-order valence-corrected chi connectivity index (χ3v) is 4.56. The minimum Gasteiger partial charge on any atom is -0.352 e. The molecule has 0 aliphatic heterocycles. The van der Waals surface area contributed by atoms with E-state index in [1.165, 1.54) is 32.1 Å². The van der Waals surface area contributed by atoms with E-state index in [0.717, 1.165) is 24.7 Å². The standard InChI is InChI=1S/C17H24N4O/c1-20-17(21-11-5-6-12-21)15(13-19-20)16(22)18-10-9-14-7-3-2-4-8-14/h5-6,11-14H,2-4,7-10H2,1H3,(H,18,22). The Labute approximate surface area is 131 Å². The molecule has 118 valence electrons. The van der Waals surface area contributed by atoms with E-state index in [-0.39, 0.29) is 5.91 Å². The summed E-state index contributed by atoms with van der Waals surface area (Å²) < 4.78 is 3.65. The van der Waals surface area contributed by atoms with Gasteiger partial charge in [-0.15, -0.1) is 0 Å². The van der Waals surface area contributed by atoms with E-state index < -0.39 is 0 Å². The van der Waals surface area contributed by atoms with Gasteiger partial charge in [-0.3, -0.25) is 9.48 Å². The molecular formula is C17H24N4O. The van der Waals surface area contributed by atoms with Gasteiger partial charge in [-0.25, -0.2) is 0 Å². The van der Waals surface area contributed by atoms with Crippen molar-refractivity contribution in [1.29, 1.82) is 0 Å². The quantitative estimate of drug-likeness (QED) is 0.923. The number of aryl methyl sites for hydroxylation is 1. The Morgan fingerprint density at radius 3 is 2.73 bits per heavy atom. The third kappa shape index (κ3) is 3.24. The summed E-state index contributed by atoms with van der Waals surface area (Å²) in [5, 5.41) is 7.28. The van der Waals surface area contributed by atoms with Gasteiger partial charge in [0.15, 0.2) is 0 Å². The number of hydrogen-bond acceptors (Lipinski definition) is 2. The predicted octanol–water partition coefficient (Wildman–Crippen LogP) is 2.91. The fourth-order valence-electron chi connectivity index (χ4n) is 3.33. The maximum absolute atomic E-state index is 12.4. The van der Waals surface area contributed by atoms with Gasteiger partial charge in [-0.2, -0.15) is 5.10 Å². The van der Waals surface area contributed by atoms with Gasteiger partial charge < -0.3 is 9.88 Å². The molecule has 0 aromatic carbocycles. The number of hydrogen-bond donors (Lipinski definition) is 1. The number of rotatable bonds is 5. The molecular weight excluding hydrogens is 276 g/mol. The first kappa shape index (κ1) is 14.9. The lowest BCUT2D eigenvalue weighted by atomic mass is 9.87. The molecule has 5 heteroatoms. The molecule has 1 N–H and O–H groups in total. The van der Waals surface area contributed by atoms with Crippen LogP contribution in [0.4, 0.5) is 0 Å². The lowest BCUT2D eigenvalue weighted by Crippen LogP contribution is -2.27. The fraction of sp³-hybridized carbons (Fsp3) is 0.529. The number of aromatic nitrogens is 3. The van der Waals surface area contributed by atoms with Crippen molar-refractivity contribution in [3.05, 3.63) is 36.3 Å². The van der Waals surface area contributed by atoms with Crippen LogP contribution in [0.5, 0.6) is 0 Å². The molecule has 2 heterocycles. The first-order valence-corrected chi connectivity index (χ1v) is 8.19. The second kappa shape index (κ2) is 6.81. The molecule has 1 aliphatic carbocycles. The summed E-state index contributed by atoms with van der Waals surface area (Å²) in [7, 11) is 1.86. The molecule has 22 heavy (non-hydrogen) atoms. The van der Waals surface area contributed by atoms with Gasteiger partial charge in [-0.1, -0.05) is 32.1 Å². The molecule has 0 spiro atoms. The van der Waals surface area contributed by atoms with Crippen molar-refractivity contribution in [2.45, 2.75) is 38.5 Å². The maximum Gasteiger partial charge on any atom is 0.256 e. The summed E-state index contributed by atoms with van der Waals surface area (Å²) in [5.41, 5.74) is 0.627. The number of carbonyl (C=O) groups is 1. The molecule has 5 nitrogen and oxygen atoms in total. The van der Waals surface area contributed by atoms with Gasteiger partial charge >= 0.3 is 0 Å². The first-order valence-electron chi connectivity index (χ1n) is 8.19. The summed E-state index contributed by atoms with van der Waals surface area (Å²) in [6.45, 7) is 0.753. The van der Waals surface area contributed by atoms with E-state index in [9.17, 15) is 4.79 Å². The Balaban J connectivity index is 1.61. The summed E-state index contributed by atoms with van der Waals surface area (Å²) in [4.78, 5) is 12.4. The van der Waals surface area contributed by atoms with Crippen molar-refractivity contribution >= 4 is 5.91 Å². The first-order chi connectivity index (χ1) is 10.8. The zero-order chi connectivity index (χ0) is 15.4. The predicted molar refractivity (Wildman–Crippen MR) is 86.1 cm³/mol. The molecule has 1 amide bonds. The molecule has 0 atom stereocenters. The van der Waals surface area contributed by atoms with Crippen molar-refractivity contribution in [3.63, 3.8) is 0 Å². The van der Waals surface area contributed by atoms with Gasteiger partial charge in [0.05, 0.1) is 6.20 Å². The summed E-state index contributed by atoms with van der Waals surface area (Å²) in [6, 6.07) is 3.88. The van der Waals surface area contributed by atoms with E-state index in [4.69, 9.17) is 0 Å². The van der Waals surface area contributed by atoms with E-state index in [1.807, 2.05) is 36.1 Å². The van der Waals surface area contributed by atoms with Gasteiger partial charge in [0.25, 0.3) is 5.91 Å². The minimum atomic E-state index is -0.0346. The highest BCUT2D eigenvalue weighted by Crippen LogP contribution is 2.25. The highest BCUT2D eigenvalue weighted by atomic mass is 16.1. The molecule has 0 unspecified atom stereocenters. The fourth-order valence-corrected chi connectivity index (χ4v) is 3.33. The maximum atomic E-state index is 12.4. The SMILES string of the molecule is Cn1ncc(C(=O)NCCC2CCCCC2)c1-n1cccc1. The molecule has 1 aliphatic rings. The van der Waals surface area contributed by atoms with Gasteiger partial charge in [0, 0.05) is 26.0 Å². The van der Waals surface area contributed by atoms with Crippen LogP contribution in [0.15, 0.2) is 30.7 Å². The number of amides is 1. The third-order valence-electron chi connectivity index (χ3n) is 4.56. The van der Waals surface area contributed by atoms with Crippen LogP contribution in [0.25, 0.3) is 5.82 Å². The minimum absolute atomic E-state index is 0.0346. The lowest BCUT2D eigenvalue weighted by Gasteiger charge is -2.21. The normalized spacial score (nSPS) is 15.9. The molecule has 2 aromatic heterocycles. The number of carbonyl (C=O) groups excluding carboxylic acids is 1. The molecule has 0 bridgehead atoms. The van der Waals surface area contributed by atoms with E-state index in [1.54, 1.807) is 10.9 Å².